The highest BCUT2D eigenvalue weighted by Crippen LogP contribution is 1.94. The summed E-state index contributed by atoms with van der Waals surface area (Å²) in [7, 11) is 0. The maximum absolute atomic E-state index is 9.72. The number of aliphatic hydroxyl groups is 2. The largest absolute Gasteiger partial charge is 0.481 e. The molecule has 0 aliphatic heterocycles. The van der Waals surface area contributed by atoms with Gasteiger partial charge in [-0.3, -0.25) is 9.78 Å². The molecule has 0 aliphatic rings. The van der Waals surface area contributed by atoms with E-state index in [1.807, 2.05) is 12.1 Å². The Morgan fingerprint density at radius 3 is 2.33 bits per heavy atom. The van der Waals surface area contributed by atoms with E-state index in [2.05, 4.69) is 4.98 Å². The fourth-order valence-corrected chi connectivity index (χ4v) is 0.928. The Bertz CT molecular complexity index is 367. The predicted octanol–water partition coefficient (Wildman–Crippen LogP) is -0.477. The van der Waals surface area contributed by atoms with Gasteiger partial charge >= 0.3 is 11.9 Å². The van der Waals surface area contributed by atoms with Crippen LogP contribution >= 0.6 is 0 Å². The van der Waals surface area contributed by atoms with E-state index in [0.717, 1.165) is 5.56 Å². The zero-order chi connectivity index (χ0) is 14.0. The van der Waals surface area contributed by atoms with Gasteiger partial charge in [0.15, 0.2) is 6.10 Å². The van der Waals surface area contributed by atoms with E-state index >= 15 is 0 Å². The number of hydrogen-bond donors (Lipinski definition) is 4. The first-order chi connectivity index (χ1) is 8.47. The van der Waals surface area contributed by atoms with Crippen LogP contribution in [-0.4, -0.2) is 50.1 Å². The zero-order valence-electron chi connectivity index (χ0n) is 9.56. The Balaban J connectivity index is 0.000000321. The fraction of sp³-hybridized carbons (Fsp3) is 0.364. The van der Waals surface area contributed by atoms with Crippen LogP contribution in [0, 0.1) is 0 Å². The molecule has 0 fully saturated rings. The van der Waals surface area contributed by atoms with Crippen LogP contribution in [0.5, 0.6) is 0 Å². The van der Waals surface area contributed by atoms with Crippen LogP contribution in [-0.2, 0) is 16.0 Å². The number of aromatic nitrogens is 1. The molecule has 1 aromatic heterocycles. The summed E-state index contributed by atoms with van der Waals surface area (Å²) in [6.45, 7) is 0.200. The van der Waals surface area contributed by atoms with Crippen LogP contribution in [0.3, 0.4) is 0 Å². The van der Waals surface area contributed by atoms with Gasteiger partial charge in [0, 0.05) is 19.0 Å². The number of carboxylic acid groups (broad SMARTS) is 2. The third kappa shape index (κ3) is 8.20. The second-order valence-electron chi connectivity index (χ2n) is 3.29. The minimum Gasteiger partial charge on any atom is -0.481 e. The van der Waals surface area contributed by atoms with Crippen molar-refractivity contribution in [1.82, 2.24) is 4.98 Å². The molecule has 0 bridgehead atoms. The molecule has 1 aromatic rings. The first kappa shape index (κ1) is 16.0. The summed E-state index contributed by atoms with van der Waals surface area (Å²) in [5.41, 5.74) is 1.08. The Morgan fingerprint density at radius 1 is 1.33 bits per heavy atom. The zero-order valence-corrected chi connectivity index (χ0v) is 9.56. The highest BCUT2D eigenvalue weighted by atomic mass is 16.4. The molecule has 7 heteroatoms. The molecule has 0 saturated heterocycles. The molecular weight excluding hydrogens is 242 g/mol. The number of hydrogen-bond acceptors (Lipinski definition) is 5. The number of rotatable bonds is 5. The Kier molecular flexibility index (Phi) is 8.08. The van der Waals surface area contributed by atoms with E-state index in [4.69, 9.17) is 20.4 Å². The predicted molar refractivity (Wildman–Crippen MR) is 60.9 cm³/mol. The van der Waals surface area contributed by atoms with E-state index in [1.165, 1.54) is 0 Å². The van der Waals surface area contributed by atoms with Gasteiger partial charge in [-0.1, -0.05) is 6.07 Å². The number of aliphatic carboxylic acids is 2. The lowest BCUT2D eigenvalue weighted by Crippen LogP contribution is -2.22. The number of carboxylic acids is 2. The van der Waals surface area contributed by atoms with Gasteiger partial charge in [-0.25, -0.2) is 4.79 Å². The fourth-order valence-electron chi connectivity index (χ4n) is 0.928. The molecule has 0 saturated carbocycles. The topological polar surface area (TPSA) is 128 Å². The van der Waals surface area contributed by atoms with Gasteiger partial charge in [-0.15, -0.1) is 0 Å². The molecule has 18 heavy (non-hydrogen) atoms. The lowest BCUT2D eigenvalue weighted by molar-refractivity contribution is -0.152. The molecule has 1 atom stereocenters. The smallest absolute Gasteiger partial charge is 0.333 e. The van der Waals surface area contributed by atoms with Gasteiger partial charge in [-0.05, 0) is 18.1 Å². The SMILES string of the molecule is O=C(O)CC(O)C(=O)O.OCCc1cccnc1. The summed E-state index contributed by atoms with van der Waals surface area (Å²) in [6.07, 6.45) is 1.64. The second kappa shape index (κ2) is 9.08. The van der Waals surface area contributed by atoms with Crippen LogP contribution in [0.4, 0.5) is 0 Å². The second-order valence-corrected chi connectivity index (χ2v) is 3.29. The van der Waals surface area contributed by atoms with Gasteiger partial charge in [0.05, 0.1) is 6.42 Å². The number of pyridine rings is 1. The molecule has 0 aromatic carbocycles. The number of nitrogens with zero attached hydrogens (tertiary/aromatic N) is 1. The van der Waals surface area contributed by atoms with Crippen molar-refractivity contribution in [3.05, 3.63) is 30.1 Å². The molecule has 0 radical (unpaired) electrons. The summed E-state index contributed by atoms with van der Waals surface area (Å²) in [5.74, 6) is -2.85. The van der Waals surface area contributed by atoms with E-state index in [1.54, 1.807) is 12.4 Å². The highest BCUT2D eigenvalue weighted by Gasteiger charge is 2.16. The first-order valence-electron chi connectivity index (χ1n) is 5.09. The van der Waals surface area contributed by atoms with Crippen molar-refractivity contribution in [1.29, 1.82) is 0 Å². The number of carbonyl (C=O) groups is 2. The minimum absolute atomic E-state index is 0.200. The Hall–Kier alpha value is -1.99. The maximum atomic E-state index is 9.72. The summed E-state index contributed by atoms with van der Waals surface area (Å²) in [4.78, 5) is 23.3. The maximum Gasteiger partial charge on any atom is 0.333 e. The standard InChI is InChI=1S/C7H9NO.C4H6O5/c9-5-3-7-2-1-4-8-6-7;5-2(4(8)9)1-3(6)7/h1-2,4,6,9H,3,5H2;2,5H,1H2,(H,6,7)(H,8,9). The molecule has 1 unspecified atom stereocenters. The molecule has 7 nitrogen and oxygen atoms in total. The minimum atomic E-state index is -1.79. The molecule has 0 amide bonds. The summed E-state index contributed by atoms with van der Waals surface area (Å²) < 4.78 is 0. The highest BCUT2D eigenvalue weighted by molar-refractivity contribution is 5.79. The van der Waals surface area contributed by atoms with Gasteiger partial charge < -0.3 is 20.4 Å². The third-order valence-electron chi connectivity index (χ3n) is 1.78. The molecule has 1 rings (SSSR count). The molecule has 0 spiro atoms. The monoisotopic (exact) mass is 257 g/mol. The van der Waals surface area contributed by atoms with Gasteiger partial charge in [0.25, 0.3) is 0 Å². The van der Waals surface area contributed by atoms with Crippen molar-refractivity contribution >= 4 is 11.9 Å². The van der Waals surface area contributed by atoms with Crippen molar-refractivity contribution in [2.75, 3.05) is 6.61 Å². The van der Waals surface area contributed by atoms with Gasteiger partial charge in [0.2, 0.25) is 0 Å². The quantitative estimate of drug-likeness (QED) is 0.561. The van der Waals surface area contributed by atoms with Crippen LogP contribution < -0.4 is 0 Å². The van der Waals surface area contributed by atoms with Crippen molar-refractivity contribution < 1.29 is 30.0 Å². The average Bonchev–Trinajstić information content (AvgIpc) is 2.30. The molecular formula is C11H15NO6. The summed E-state index contributed by atoms with van der Waals surface area (Å²) in [5, 5.41) is 32.6. The normalized spacial score (nSPS) is 11.0. The Morgan fingerprint density at radius 2 is 2.00 bits per heavy atom. The molecule has 100 valence electrons. The van der Waals surface area contributed by atoms with Crippen LogP contribution in [0.2, 0.25) is 0 Å². The van der Waals surface area contributed by atoms with E-state index in [0.29, 0.717) is 6.42 Å². The lowest BCUT2D eigenvalue weighted by Gasteiger charge is -1.97. The number of aliphatic hydroxyl groups excluding tert-OH is 2. The van der Waals surface area contributed by atoms with Gasteiger partial charge in [-0.2, -0.15) is 0 Å². The molecule has 4 N–H and O–H groups in total. The third-order valence-corrected chi connectivity index (χ3v) is 1.78. The summed E-state index contributed by atoms with van der Waals surface area (Å²) >= 11 is 0. The van der Waals surface area contributed by atoms with Crippen molar-refractivity contribution in [3.63, 3.8) is 0 Å². The van der Waals surface area contributed by atoms with Crippen molar-refractivity contribution in [2.45, 2.75) is 18.9 Å². The van der Waals surface area contributed by atoms with E-state index in [9.17, 15) is 9.59 Å². The lowest BCUT2D eigenvalue weighted by atomic mass is 10.2. The van der Waals surface area contributed by atoms with Crippen LogP contribution in [0.1, 0.15) is 12.0 Å². The van der Waals surface area contributed by atoms with Crippen molar-refractivity contribution in [2.24, 2.45) is 0 Å². The Labute approximate surface area is 103 Å². The van der Waals surface area contributed by atoms with Crippen LogP contribution in [0.15, 0.2) is 24.5 Å². The molecule has 1 heterocycles. The van der Waals surface area contributed by atoms with E-state index in [-0.39, 0.29) is 6.61 Å². The van der Waals surface area contributed by atoms with E-state index < -0.39 is 24.5 Å². The van der Waals surface area contributed by atoms with Crippen molar-refractivity contribution in [3.8, 4) is 0 Å². The van der Waals surface area contributed by atoms with Gasteiger partial charge in [0.1, 0.15) is 0 Å². The average molecular weight is 257 g/mol. The van der Waals surface area contributed by atoms with Crippen LogP contribution in [0.25, 0.3) is 0 Å². The summed E-state index contributed by atoms with van der Waals surface area (Å²) in [6, 6.07) is 3.81. The first-order valence-corrected chi connectivity index (χ1v) is 5.09. The molecule has 0 aliphatic carbocycles.